The van der Waals surface area contributed by atoms with Crippen LogP contribution in [0.25, 0.3) is 0 Å². The zero-order valence-electron chi connectivity index (χ0n) is 4.83. The molecule has 0 N–H and O–H groups in total. The van der Waals surface area contributed by atoms with Gasteiger partial charge in [-0.15, -0.1) is 0 Å². The highest BCUT2D eigenvalue weighted by molar-refractivity contribution is 5.63. The molecule has 1 aliphatic heterocycles. The predicted molar refractivity (Wildman–Crippen MR) is 26.4 cm³/mol. The van der Waals surface area contributed by atoms with E-state index in [0.29, 0.717) is 0 Å². The van der Waals surface area contributed by atoms with Crippen molar-refractivity contribution in [2.24, 2.45) is 0 Å². The number of nitriles is 1. The van der Waals surface area contributed by atoms with E-state index in [4.69, 9.17) is 5.26 Å². The van der Waals surface area contributed by atoms with Crippen LogP contribution >= 0.6 is 0 Å². The minimum atomic E-state index is -0.756. The van der Waals surface area contributed by atoms with Gasteiger partial charge in [0, 0.05) is 0 Å². The molecule has 0 bridgehead atoms. The first kappa shape index (κ1) is 5.89. The maximum atomic E-state index is 10.2. The Kier molecular flexibility index (Phi) is 1.27. The third kappa shape index (κ3) is 0.941. The molecule has 0 amide bonds. The van der Waals surface area contributed by atoms with Gasteiger partial charge in [0.15, 0.2) is 6.10 Å². The maximum absolute atomic E-state index is 10.2. The van der Waals surface area contributed by atoms with Crippen LogP contribution in [0.2, 0.25) is 0 Å². The number of hydrogen-bond donors (Lipinski definition) is 0. The molecule has 0 aromatic rings. The van der Waals surface area contributed by atoms with Crippen molar-refractivity contribution in [1.82, 2.24) is 0 Å². The van der Waals surface area contributed by atoms with Gasteiger partial charge in [-0.05, 0) is 6.92 Å². The van der Waals surface area contributed by atoms with Crippen LogP contribution in [0.1, 0.15) is 6.92 Å². The normalized spacial score (nSPS) is 32.7. The van der Waals surface area contributed by atoms with Gasteiger partial charge in [-0.2, -0.15) is 5.26 Å². The lowest BCUT2D eigenvalue weighted by Gasteiger charge is -1.97. The average Bonchev–Trinajstić information content (AvgIpc) is 2.10. The molecule has 1 aliphatic rings. The van der Waals surface area contributed by atoms with Crippen molar-refractivity contribution in [3.05, 3.63) is 0 Å². The number of hydrogen-bond acceptors (Lipinski definition) is 4. The molecule has 9 heavy (non-hydrogen) atoms. The third-order valence-electron chi connectivity index (χ3n) is 1.06. The fraction of sp³-hybridized carbons (Fsp3) is 0.600. The standard InChI is InChI=1S/C5H5NO3/c1-3-4(2-6)9-5(7)8-3/h3-4H,1H3. The summed E-state index contributed by atoms with van der Waals surface area (Å²) in [6.45, 7) is 1.61. The second-order valence-corrected chi connectivity index (χ2v) is 1.74. The summed E-state index contributed by atoms with van der Waals surface area (Å²) in [4.78, 5) is 10.2. The molecule has 1 saturated heterocycles. The van der Waals surface area contributed by atoms with E-state index in [-0.39, 0.29) is 0 Å². The largest absolute Gasteiger partial charge is 0.510 e. The summed E-state index contributed by atoms with van der Waals surface area (Å²) < 4.78 is 8.88. The summed E-state index contributed by atoms with van der Waals surface area (Å²) >= 11 is 0. The first-order valence-electron chi connectivity index (χ1n) is 2.51. The molecule has 1 fully saturated rings. The highest BCUT2D eigenvalue weighted by Crippen LogP contribution is 2.12. The smallest absolute Gasteiger partial charge is 0.426 e. The number of cyclic esters (lactones) is 2. The Morgan fingerprint density at radius 1 is 1.67 bits per heavy atom. The van der Waals surface area contributed by atoms with Gasteiger partial charge in [0.05, 0.1) is 0 Å². The number of nitrogens with zero attached hydrogens (tertiary/aromatic N) is 1. The number of ether oxygens (including phenoxy) is 2. The molecular formula is C5H5NO3. The lowest BCUT2D eigenvalue weighted by Crippen LogP contribution is -2.15. The topological polar surface area (TPSA) is 59.3 Å². The molecule has 0 aromatic heterocycles. The van der Waals surface area contributed by atoms with Crippen molar-refractivity contribution in [1.29, 1.82) is 5.26 Å². The minimum Gasteiger partial charge on any atom is -0.426 e. The van der Waals surface area contributed by atoms with Crippen LogP contribution in [0, 0.1) is 11.3 Å². The Labute approximate surface area is 52.0 Å². The Hall–Kier alpha value is -1.24. The molecule has 1 heterocycles. The molecule has 4 nitrogen and oxygen atoms in total. The van der Waals surface area contributed by atoms with E-state index in [9.17, 15) is 4.79 Å². The van der Waals surface area contributed by atoms with Gasteiger partial charge in [0.2, 0.25) is 6.10 Å². The van der Waals surface area contributed by atoms with E-state index in [0.717, 1.165) is 0 Å². The fourth-order valence-corrected chi connectivity index (χ4v) is 0.572. The maximum Gasteiger partial charge on any atom is 0.510 e. The quantitative estimate of drug-likeness (QED) is 0.443. The van der Waals surface area contributed by atoms with Gasteiger partial charge in [-0.25, -0.2) is 4.79 Å². The molecule has 4 heteroatoms. The number of rotatable bonds is 0. The van der Waals surface area contributed by atoms with Gasteiger partial charge >= 0.3 is 6.16 Å². The van der Waals surface area contributed by atoms with Gasteiger partial charge in [0.1, 0.15) is 6.07 Å². The molecule has 48 valence electrons. The first-order chi connectivity index (χ1) is 4.24. The lowest BCUT2D eigenvalue weighted by molar-refractivity contribution is 0.120. The van der Waals surface area contributed by atoms with E-state index in [1.807, 2.05) is 0 Å². The SMILES string of the molecule is CC1OC(=O)OC1C#N. The van der Waals surface area contributed by atoms with Crippen molar-refractivity contribution in [2.45, 2.75) is 19.1 Å². The van der Waals surface area contributed by atoms with E-state index in [2.05, 4.69) is 9.47 Å². The Morgan fingerprint density at radius 2 is 2.33 bits per heavy atom. The molecule has 2 unspecified atom stereocenters. The second-order valence-electron chi connectivity index (χ2n) is 1.74. The van der Waals surface area contributed by atoms with Crippen molar-refractivity contribution in [2.75, 3.05) is 0 Å². The fourth-order valence-electron chi connectivity index (χ4n) is 0.572. The van der Waals surface area contributed by atoms with Crippen LogP contribution in [0.3, 0.4) is 0 Å². The van der Waals surface area contributed by atoms with E-state index in [1.165, 1.54) is 0 Å². The number of carbonyl (C=O) groups is 1. The Bertz CT molecular complexity index is 172. The summed E-state index contributed by atoms with van der Waals surface area (Å²) in [6, 6.07) is 1.78. The molecule has 0 radical (unpaired) electrons. The van der Waals surface area contributed by atoms with Crippen LogP contribution in [0.5, 0.6) is 0 Å². The summed E-state index contributed by atoms with van der Waals surface area (Å²) in [5, 5.41) is 8.25. The molecular weight excluding hydrogens is 122 g/mol. The van der Waals surface area contributed by atoms with E-state index in [1.54, 1.807) is 13.0 Å². The summed E-state index contributed by atoms with van der Waals surface area (Å²) in [5.74, 6) is 0. The lowest BCUT2D eigenvalue weighted by atomic mass is 10.3. The first-order valence-corrected chi connectivity index (χ1v) is 2.51. The van der Waals surface area contributed by atoms with Crippen molar-refractivity contribution in [3.8, 4) is 6.07 Å². The van der Waals surface area contributed by atoms with E-state index < -0.39 is 18.4 Å². The minimum absolute atomic E-state index is 0.428. The summed E-state index contributed by atoms with van der Waals surface area (Å²) in [7, 11) is 0. The van der Waals surface area contributed by atoms with Crippen molar-refractivity contribution in [3.63, 3.8) is 0 Å². The van der Waals surface area contributed by atoms with Gasteiger partial charge in [-0.1, -0.05) is 0 Å². The van der Waals surface area contributed by atoms with Crippen molar-refractivity contribution >= 4 is 6.16 Å². The van der Waals surface area contributed by atoms with Crippen LogP contribution in [0.15, 0.2) is 0 Å². The summed E-state index contributed by atoms with van der Waals surface area (Å²) in [6.07, 6.45) is -1.91. The second kappa shape index (κ2) is 1.94. The van der Waals surface area contributed by atoms with Gasteiger partial charge in [-0.3, -0.25) is 0 Å². The zero-order valence-corrected chi connectivity index (χ0v) is 4.83. The zero-order chi connectivity index (χ0) is 6.85. The molecule has 0 saturated carbocycles. The third-order valence-corrected chi connectivity index (χ3v) is 1.06. The Morgan fingerprint density at radius 3 is 2.56 bits per heavy atom. The summed E-state index contributed by atoms with van der Waals surface area (Å²) in [5.41, 5.74) is 0. The van der Waals surface area contributed by atoms with Crippen LogP contribution < -0.4 is 0 Å². The monoisotopic (exact) mass is 127 g/mol. The van der Waals surface area contributed by atoms with Crippen molar-refractivity contribution < 1.29 is 14.3 Å². The van der Waals surface area contributed by atoms with Crippen LogP contribution in [0.4, 0.5) is 4.79 Å². The molecule has 0 spiro atoms. The van der Waals surface area contributed by atoms with E-state index >= 15 is 0 Å². The predicted octanol–water partition coefficient (Wildman–Crippen LogP) is 0.434. The highest BCUT2D eigenvalue weighted by atomic mass is 16.8. The highest BCUT2D eigenvalue weighted by Gasteiger charge is 2.32. The van der Waals surface area contributed by atoms with Crippen LogP contribution in [-0.4, -0.2) is 18.4 Å². The molecule has 2 atom stereocenters. The average molecular weight is 127 g/mol. The van der Waals surface area contributed by atoms with Gasteiger partial charge in [0.25, 0.3) is 0 Å². The van der Waals surface area contributed by atoms with Crippen LogP contribution in [-0.2, 0) is 9.47 Å². The molecule has 0 aromatic carbocycles. The van der Waals surface area contributed by atoms with Gasteiger partial charge < -0.3 is 9.47 Å². The molecule has 1 rings (SSSR count). The Balaban J connectivity index is 2.60. The number of carbonyl (C=O) groups excluding carboxylic acids is 1. The molecule has 0 aliphatic carbocycles.